The third-order valence-corrected chi connectivity index (χ3v) is 8.54. The van der Waals surface area contributed by atoms with Crippen molar-refractivity contribution in [3.63, 3.8) is 0 Å². The van der Waals surface area contributed by atoms with Crippen molar-refractivity contribution in [3.8, 4) is 11.5 Å². The van der Waals surface area contributed by atoms with E-state index in [0.29, 0.717) is 17.3 Å². The fourth-order valence-corrected chi connectivity index (χ4v) is 5.70. The second kappa shape index (κ2) is 13.1. The highest BCUT2D eigenvalue weighted by Gasteiger charge is 2.36. The molecule has 0 radical (unpaired) electrons. The lowest BCUT2D eigenvalue weighted by molar-refractivity contribution is 0.0919. The van der Waals surface area contributed by atoms with E-state index in [2.05, 4.69) is 61.8 Å². The summed E-state index contributed by atoms with van der Waals surface area (Å²) in [6.07, 6.45) is 15.3. The van der Waals surface area contributed by atoms with Gasteiger partial charge < -0.3 is 20.1 Å². The van der Waals surface area contributed by atoms with Crippen LogP contribution in [0.25, 0.3) is 0 Å². The van der Waals surface area contributed by atoms with Crippen molar-refractivity contribution in [2.75, 3.05) is 26.6 Å². The summed E-state index contributed by atoms with van der Waals surface area (Å²) in [6.45, 7) is 8.66. The first-order valence-corrected chi connectivity index (χ1v) is 14.6. The molecule has 1 aromatic heterocycles. The molecule has 1 amide bonds. The lowest BCUT2D eigenvalue weighted by atomic mass is 9.83. The minimum Gasteiger partial charge on any atom is -0.497 e. The maximum Gasteiger partial charge on any atom is 0.257 e. The monoisotopic (exact) mass is 568 g/mol. The summed E-state index contributed by atoms with van der Waals surface area (Å²) in [4.78, 5) is 14.1. The van der Waals surface area contributed by atoms with Crippen molar-refractivity contribution in [1.82, 2.24) is 15.1 Å². The summed E-state index contributed by atoms with van der Waals surface area (Å²) in [5.74, 6) is 2.29. The molecule has 0 saturated carbocycles. The molecule has 0 fully saturated rings. The van der Waals surface area contributed by atoms with Gasteiger partial charge in [-0.3, -0.25) is 4.79 Å². The normalized spacial score (nSPS) is 15.3. The van der Waals surface area contributed by atoms with E-state index in [1.165, 1.54) is 5.57 Å². The molecule has 2 unspecified atom stereocenters. The number of nitrogens with one attached hydrogen (secondary N) is 2. The predicted octanol–water partition coefficient (Wildman–Crippen LogP) is 7.23. The molecular formula is C35H44N4O3. The Morgan fingerprint density at radius 2 is 1.60 bits per heavy atom. The van der Waals surface area contributed by atoms with Crippen LogP contribution in [0.5, 0.6) is 11.5 Å². The molecule has 0 saturated heterocycles. The summed E-state index contributed by atoms with van der Waals surface area (Å²) in [6, 6.07) is 15.5. The summed E-state index contributed by atoms with van der Waals surface area (Å²) < 4.78 is 12.8. The van der Waals surface area contributed by atoms with Crippen LogP contribution >= 0.6 is 0 Å². The zero-order valence-corrected chi connectivity index (χ0v) is 25.9. The largest absolute Gasteiger partial charge is 0.497 e. The summed E-state index contributed by atoms with van der Waals surface area (Å²) in [5.41, 5.74) is 2.49. The van der Waals surface area contributed by atoms with E-state index in [0.717, 1.165) is 41.9 Å². The van der Waals surface area contributed by atoms with E-state index in [9.17, 15) is 4.79 Å². The molecule has 2 aromatic carbocycles. The molecule has 4 rings (SSSR count). The van der Waals surface area contributed by atoms with Gasteiger partial charge in [0.1, 0.15) is 22.9 Å². The Labute approximate surface area is 250 Å². The van der Waals surface area contributed by atoms with Crippen LogP contribution in [0.1, 0.15) is 68.4 Å². The highest BCUT2D eigenvalue weighted by Crippen LogP contribution is 2.37. The number of carbonyl (C=O) groups is 1. The second-order valence-electron chi connectivity index (χ2n) is 11.3. The number of methoxy groups -OCH3 is 2. The summed E-state index contributed by atoms with van der Waals surface area (Å²) >= 11 is 0. The van der Waals surface area contributed by atoms with Crippen LogP contribution < -0.4 is 20.1 Å². The van der Waals surface area contributed by atoms with E-state index in [-0.39, 0.29) is 11.4 Å². The van der Waals surface area contributed by atoms with Gasteiger partial charge in [0.25, 0.3) is 5.91 Å². The molecule has 1 heterocycles. The molecule has 3 aromatic rings. The van der Waals surface area contributed by atoms with Crippen LogP contribution in [0.4, 0.5) is 5.82 Å². The third kappa shape index (κ3) is 6.30. The van der Waals surface area contributed by atoms with Crippen molar-refractivity contribution in [3.05, 3.63) is 107 Å². The number of hydrogen-bond donors (Lipinski definition) is 2. The van der Waals surface area contributed by atoms with E-state index in [4.69, 9.17) is 14.6 Å². The molecule has 7 nitrogen and oxygen atoms in total. The van der Waals surface area contributed by atoms with Gasteiger partial charge in [0.2, 0.25) is 0 Å². The Hall–Kier alpha value is -4.26. The van der Waals surface area contributed by atoms with E-state index in [1.807, 2.05) is 67.2 Å². The average Bonchev–Trinajstić information content (AvgIpc) is 3.28. The Balaban J connectivity index is 1.69. The highest BCUT2D eigenvalue weighted by atomic mass is 16.5. The number of allylic oxidation sites excluding steroid dienone is 6. The molecular weight excluding hydrogens is 524 g/mol. The Morgan fingerprint density at radius 1 is 1.00 bits per heavy atom. The van der Waals surface area contributed by atoms with E-state index in [1.54, 1.807) is 20.4 Å². The highest BCUT2D eigenvalue weighted by molar-refractivity contribution is 5.99. The molecule has 0 aliphatic heterocycles. The fourth-order valence-electron chi connectivity index (χ4n) is 5.70. The number of nitrogens with zero attached hydrogens (tertiary/aromatic N) is 2. The zero-order chi connectivity index (χ0) is 30.3. The zero-order valence-electron chi connectivity index (χ0n) is 25.9. The average molecular weight is 569 g/mol. The van der Waals surface area contributed by atoms with Gasteiger partial charge in [0.15, 0.2) is 0 Å². The van der Waals surface area contributed by atoms with Crippen LogP contribution in [-0.2, 0) is 11.1 Å². The lowest BCUT2D eigenvalue weighted by Crippen LogP contribution is -2.44. The molecule has 1 aliphatic rings. The molecule has 42 heavy (non-hydrogen) atoms. The van der Waals surface area contributed by atoms with Gasteiger partial charge >= 0.3 is 0 Å². The van der Waals surface area contributed by atoms with Gasteiger partial charge in [0.05, 0.1) is 31.5 Å². The van der Waals surface area contributed by atoms with E-state index >= 15 is 0 Å². The van der Waals surface area contributed by atoms with Crippen molar-refractivity contribution < 1.29 is 14.3 Å². The van der Waals surface area contributed by atoms with Gasteiger partial charge in [-0.15, -0.1) is 0 Å². The minimum atomic E-state index is -0.836. The minimum absolute atomic E-state index is 0.217. The Kier molecular flexibility index (Phi) is 9.61. The molecule has 0 bridgehead atoms. The second-order valence-corrected chi connectivity index (χ2v) is 11.3. The van der Waals surface area contributed by atoms with Crippen molar-refractivity contribution in [2.24, 2.45) is 5.92 Å². The van der Waals surface area contributed by atoms with Crippen LogP contribution in [0.2, 0.25) is 0 Å². The number of carbonyl (C=O) groups excluding carboxylic acids is 1. The first-order chi connectivity index (χ1) is 20.2. The Bertz CT molecular complexity index is 1400. The molecule has 2 N–H and O–H groups in total. The number of rotatable bonds is 12. The lowest BCUT2D eigenvalue weighted by Gasteiger charge is -2.34. The van der Waals surface area contributed by atoms with Gasteiger partial charge in [-0.2, -0.15) is 5.10 Å². The molecule has 2 atom stereocenters. The van der Waals surface area contributed by atoms with Crippen LogP contribution in [-0.4, -0.2) is 37.0 Å². The summed E-state index contributed by atoms with van der Waals surface area (Å²) in [5, 5.41) is 11.4. The predicted molar refractivity (Wildman–Crippen MR) is 170 cm³/mol. The molecule has 1 aliphatic carbocycles. The standard InChI is InChI=1S/C35H44N4O3/c1-8-34(3,23-25(2)26-13-11-9-10-12-14-26)39-32(36-5)31(24-37-39)33(40)38-35(4,27-15-19-29(41-6)20-16-27)28-17-21-30(42-7)22-18-28/h9,11-22,24-25,36H,8,10,23H2,1-7H3,(H,38,40). The summed E-state index contributed by atoms with van der Waals surface area (Å²) in [7, 11) is 5.13. The number of anilines is 1. The molecule has 222 valence electrons. The Morgan fingerprint density at radius 3 is 2.12 bits per heavy atom. The number of aromatic nitrogens is 2. The fraction of sp³-hybridized carbons (Fsp3) is 0.371. The molecule has 7 heteroatoms. The topological polar surface area (TPSA) is 77.4 Å². The maximum atomic E-state index is 14.1. The van der Waals surface area contributed by atoms with Gasteiger partial charge in [-0.25, -0.2) is 4.68 Å². The smallest absolute Gasteiger partial charge is 0.257 e. The van der Waals surface area contributed by atoms with E-state index < -0.39 is 5.54 Å². The van der Waals surface area contributed by atoms with Crippen LogP contribution in [0, 0.1) is 5.92 Å². The van der Waals surface area contributed by atoms with Crippen molar-refractivity contribution in [2.45, 2.75) is 58.0 Å². The maximum absolute atomic E-state index is 14.1. The van der Waals surface area contributed by atoms with Crippen LogP contribution in [0.15, 0.2) is 90.7 Å². The molecule has 0 spiro atoms. The van der Waals surface area contributed by atoms with Gasteiger partial charge in [0, 0.05) is 7.05 Å². The van der Waals surface area contributed by atoms with Crippen LogP contribution in [0.3, 0.4) is 0 Å². The number of ether oxygens (including phenoxy) is 2. The number of hydrogen-bond acceptors (Lipinski definition) is 5. The first-order valence-electron chi connectivity index (χ1n) is 14.6. The van der Waals surface area contributed by atoms with Crippen molar-refractivity contribution in [1.29, 1.82) is 0 Å². The quantitative estimate of drug-likeness (QED) is 0.241. The number of amides is 1. The SMILES string of the molecule is CCC(C)(CC(C)C1=CC=CCC=C1)n1ncc(C(=O)NC(C)(c2ccc(OC)cc2)c2ccc(OC)cc2)c1NC. The third-order valence-electron chi connectivity index (χ3n) is 8.54. The number of benzene rings is 2. The van der Waals surface area contributed by atoms with Gasteiger partial charge in [-0.05, 0) is 80.0 Å². The first kappa shape index (κ1) is 30.7. The van der Waals surface area contributed by atoms with Crippen molar-refractivity contribution >= 4 is 11.7 Å². The van der Waals surface area contributed by atoms with Gasteiger partial charge in [-0.1, -0.05) is 68.5 Å².